The van der Waals surface area contributed by atoms with Gasteiger partial charge in [0.25, 0.3) is 0 Å². The zero-order valence-corrected chi connectivity index (χ0v) is 16.8. The van der Waals surface area contributed by atoms with Gasteiger partial charge in [-0.1, -0.05) is 50.1 Å². The van der Waals surface area contributed by atoms with Crippen LogP contribution in [0.3, 0.4) is 0 Å². The number of hydrogen-bond acceptors (Lipinski definition) is 6. The number of aliphatic hydroxyl groups is 1. The molecule has 0 saturated heterocycles. The number of nitrogens with two attached hydrogens (primary N) is 1. The van der Waals surface area contributed by atoms with Gasteiger partial charge in [-0.2, -0.15) is 0 Å². The number of benzene rings is 1. The summed E-state index contributed by atoms with van der Waals surface area (Å²) in [4.78, 5) is 14.0. The van der Waals surface area contributed by atoms with Gasteiger partial charge < -0.3 is 20.7 Å². The summed E-state index contributed by atoms with van der Waals surface area (Å²) in [6.07, 6.45) is 3.52. The molecule has 2 atom stereocenters. The van der Waals surface area contributed by atoms with Crippen LogP contribution in [-0.4, -0.2) is 30.9 Å². The average molecular weight is 383 g/mol. The summed E-state index contributed by atoms with van der Waals surface area (Å²) in [5.74, 6) is 0.927. The summed E-state index contributed by atoms with van der Waals surface area (Å²) in [5.41, 5.74) is 8.52. The van der Waals surface area contributed by atoms with Crippen molar-refractivity contribution < 1.29 is 5.11 Å². The molecule has 28 heavy (non-hydrogen) atoms. The Kier molecular flexibility index (Phi) is 6.59. The Morgan fingerprint density at radius 1 is 1.18 bits per heavy atom. The third-order valence-electron chi connectivity index (χ3n) is 4.91. The Bertz CT molecular complexity index is 891. The molecule has 1 aromatic carbocycles. The number of unbranched alkanes of at least 4 members (excludes halogenated alkanes) is 1. The molecular weight excluding hydrogens is 352 g/mol. The molecule has 0 aliphatic carbocycles. The van der Waals surface area contributed by atoms with Gasteiger partial charge in [0.05, 0.1) is 12.2 Å². The molecule has 0 amide bonds. The fourth-order valence-corrected chi connectivity index (χ4v) is 3.26. The monoisotopic (exact) mass is 382 g/mol. The molecule has 3 rings (SSSR count). The zero-order chi connectivity index (χ0) is 20.1. The first-order chi connectivity index (χ1) is 13.5. The fourth-order valence-electron chi connectivity index (χ4n) is 3.26. The van der Waals surface area contributed by atoms with Crippen molar-refractivity contribution in [3.63, 3.8) is 0 Å². The lowest BCUT2D eigenvalue weighted by Gasteiger charge is -2.20. The Balaban J connectivity index is 2.02. The largest absolute Gasteiger partial charge is 0.378 e. The molecule has 2 heterocycles. The molecule has 4 N–H and O–H groups in total. The second-order valence-electron chi connectivity index (χ2n) is 7.43. The first-order valence-electron chi connectivity index (χ1n) is 9.97. The Morgan fingerprint density at radius 3 is 2.57 bits per heavy atom. The first kappa shape index (κ1) is 20.2. The fraction of sp³-hybridized carbons (Fsp3) is 0.476. The van der Waals surface area contributed by atoms with Crippen LogP contribution < -0.4 is 11.1 Å². The van der Waals surface area contributed by atoms with Crippen molar-refractivity contribution in [1.82, 2.24) is 19.5 Å². The van der Waals surface area contributed by atoms with Crippen molar-refractivity contribution in [3.8, 4) is 0 Å². The van der Waals surface area contributed by atoms with Crippen LogP contribution in [0.1, 0.15) is 63.4 Å². The highest BCUT2D eigenvalue weighted by Gasteiger charge is 2.24. The second-order valence-corrected chi connectivity index (χ2v) is 7.43. The molecular formula is C21H30N6O. The molecule has 0 fully saturated rings. The van der Waals surface area contributed by atoms with Gasteiger partial charge >= 0.3 is 0 Å². The molecule has 0 bridgehead atoms. The first-order valence-corrected chi connectivity index (χ1v) is 9.97. The third-order valence-corrected chi connectivity index (χ3v) is 4.91. The second kappa shape index (κ2) is 9.12. The van der Waals surface area contributed by atoms with E-state index in [0.717, 1.165) is 36.0 Å². The van der Waals surface area contributed by atoms with Crippen LogP contribution in [0.4, 0.5) is 5.82 Å². The van der Waals surface area contributed by atoms with Crippen molar-refractivity contribution in [3.05, 3.63) is 48.0 Å². The summed E-state index contributed by atoms with van der Waals surface area (Å²) < 4.78 is 2.02. The number of imidazole rings is 1. The maximum Gasteiger partial charge on any atom is 0.166 e. The van der Waals surface area contributed by atoms with Gasteiger partial charge in [-0.25, -0.2) is 15.0 Å². The Morgan fingerprint density at radius 2 is 1.93 bits per heavy atom. The maximum absolute atomic E-state index is 10.1. The van der Waals surface area contributed by atoms with Crippen LogP contribution in [0.25, 0.3) is 11.2 Å². The van der Waals surface area contributed by atoms with Gasteiger partial charge in [-0.3, -0.25) is 0 Å². The molecule has 0 aliphatic rings. The number of aromatic nitrogens is 4. The summed E-state index contributed by atoms with van der Waals surface area (Å²) in [6.45, 7) is 6.93. The molecule has 0 saturated carbocycles. The van der Waals surface area contributed by atoms with Crippen molar-refractivity contribution >= 4 is 17.0 Å². The minimum atomic E-state index is -0.999. The quantitative estimate of drug-likeness (QED) is 0.489. The minimum absolute atomic E-state index is 0.214. The molecule has 7 nitrogen and oxygen atoms in total. The van der Waals surface area contributed by atoms with E-state index in [9.17, 15) is 5.11 Å². The van der Waals surface area contributed by atoms with Gasteiger partial charge in [-0.15, -0.1) is 0 Å². The van der Waals surface area contributed by atoms with E-state index in [1.54, 1.807) is 6.33 Å². The van der Waals surface area contributed by atoms with Crippen LogP contribution >= 0.6 is 0 Å². The van der Waals surface area contributed by atoms with Gasteiger partial charge in [0, 0.05) is 12.6 Å². The number of anilines is 1. The standard InChI is InChI=1S/C21H30N6O/c1-4-5-11-16(18(22)28)19-25-20(23-12-15-9-7-6-8-10-15)17-21(26-19)27(13-24-17)14(2)3/h6-10,13-14,16,18,28H,4-5,11-12,22H2,1-3H3,(H,23,25,26). The van der Waals surface area contributed by atoms with E-state index in [1.165, 1.54) is 0 Å². The number of rotatable bonds is 9. The predicted molar refractivity (Wildman–Crippen MR) is 112 cm³/mol. The summed E-state index contributed by atoms with van der Waals surface area (Å²) in [7, 11) is 0. The number of hydrogen-bond donors (Lipinski definition) is 3. The zero-order valence-electron chi connectivity index (χ0n) is 16.8. The van der Waals surface area contributed by atoms with Crippen molar-refractivity contribution in [1.29, 1.82) is 0 Å². The smallest absolute Gasteiger partial charge is 0.166 e. The predicted octanol–water partition coefficient (Wildman–Crippen LogP) is 3.57. The molecule has 3 aromatic rings. The van der Waals surface area contributed by atoms with E-state index >= 15 is 0 Å². The molecule has 0 radical (unpaired) electrons. The highest BCUT2D eigenvalue weighted by Crippen LogP contribution is 2.28. The maximum atomic E-state index is 10.1. The molecule has 150 valence electrons. The van der Waals surface area contributed by atoms with Crippen LogP contribution in [0, 0.1) is 0 Å². The average Bonchev–Trinajstić information content (AvgIpc) is 3.11. The van der Waals surface area contributed by atoms with Crippen LogP contribution in [0.2, 0.25) is 0 Å². The van der Waals surface area contributed by atoms with Crippen LogP contribution in [0.15, 0.2) is 36.7 Å². The lowest BCUT2D eigenvalue weighted by atomic mass is 9.99. The van der Waals surface area contributed by atoms with Crippen molar-refractivity contribution in [2.45, 2.75) is 64.8 Å². The molecule has 2 aromatic heterocycles. The van der Waals surface area contributed by atoms with E-state index in [4.69, 9.17) is 15.7 Å². The van der Waals surface area contributed by atoms with Crippen LogP contribution in [-0.2, 0) is 6.54 Å². The normalized spacial score (nSPS) is 13.8. The van der Waals surface area contributed by atoms with Gasteiger partial charge in [0.2, 0.25) is 0 Å². The SMILES string of the molecule is CCCCC(c1nc(NCc2ccccc2)c2ncn(C(C)C)c2n1)C(N)O. The third kappa shape index (κ3) is 4.48. The summed E-state index contributed by atoms with van der Waals surface area (Å²) in [6, 6.07) is 10.4. The Labute approximate surface area is 166 Å². The highest BCUT2D eigenvalue weighted by atomic mass is 16.3. The van der Waals surface area contributed by atoms with Gasteiger partial charge in [-0.05, 0) is 25.8 Å². The van der Waals surface area contributed by atoms with Crippen molar-refractivity contribution in [2.75, 3.05) is 5.32 Å². The number of nitrogens with one attached hydrogen (secondary N) is 1. The number of nitrogens with zero attached hydrogens (tertiary/aromatic N) is 4. The molecule has 7 heteroatoms. The Hall–Kier alpha value is -2.51. The van der Waals surface area contributed by atoms with E-state index < -0.39 is 6.23 Å². The van der Waals surface area contributed by atoms with Gasteiger partial charge in [0.15, 0.2) is 11.5 Å². The van der Waals surface area contributed by atoms with E-state index in [1.807, 2.05) is 22.8 Å². The summed E-state index contributed by atoms with van der Waals surface area (Å²) >= 11 is 0. The van der Waals surface area contributed by atoms with E-state index in [0.29, 0.717) is 18.2 Å². The molecule has 0 aliphatic heterocycles. The minimum Gasteiger partial charge on any atom is -0.378 e. The van der Waals surface area contributed by atoms with Gasteiger partial charge in [0.1, 0.15) is 17.6 Å². The van der Waals surface area contributed by atoms with Crippen LogP contribution in [0.5, 0.6) is 0 Å². The molecule has 0 spiro atoms. The lowest BCUT2D eigenvalue weighted by Crippen LogP contribution is -2.29. The van der Waals surface area contributed by atoms with E-state index in [2.05, 4.69) is 43.2 Å². The number of aliphatic hydroxyl groups excluding tert-OH is 1. The molecule has 2 unspecified atom stereocenters. The highest BCUT2D eigenvalue weighted by molar-refractivity contribution is 5.83. The summed E-state index contributed by atoms with van der Waals surface area (Å²) in [5, 5.41) is 13.5. The number of fused-ring (bicyclic) bond motifs is 1. The topological polar surface area (TPSA) is 102 Å². The van der Waals surface area contributed by atoms with Crippen molar-refractivity contribution in [2.24, 2.45) is 5.73 Å². The lowest BCUT2D eigenvalue weighted by molar-refractivity contribution is 0.140. The van der Waals surface area contributed by atoms with E-state index in [-0.39, 0.29) is 12.0 Å².